The predicted molar refractivity (Wildman–Crippen MR) is 113 cm³/mol. The van der Waals surface area contributed by atoms with Crippen LogP contribution in [0, 0.1) is 0 Å². The Morgan fingerprint density at radius 3 is 2.68 bits per heavy atom. The van der Waals surface area contributed by atoms with E-state index in [1.165, 1.54) is 0 Å². The Balaban J connectivity index is 1.42. The number of amides is 1. The highest BCUT2D eigenvalue weighted by Gasteiger charge is 2.57. The smallest absolute Gasteiger partial charge is 0.408 e. The van der Waals surface area contributed by atoms with Crippen molar-refractivity contribution in [1.29, 1.82) is 0 Å². The predicted octanol–water partition coefficient (Wildman–Crippen LogP) is 2.54. The molecule has 4 aliphatic rings. The molecule has 0 radical (unpaired) electrons. The molecule has 0 bridgehead atoms. The molecule has 7 atom stereocenters. The molecule has 9 nitrogen and oxygen atoms in total. The molecule has 4 saturated heterocycles. The van der Waals surface area contributed by atoms with Gasteiger partial charge in [0, 0.05) is 6.61 Å². The number of nitrogens with one attached hydrogen (secondary N) is 1. The third-order valence-corrected chi connectivity index (χ3v) is 11.6. The van der Waals surface area contributed by atoms with Crippen molar-refractivity contribution >= 4 is 14.4 Å². The third kappa shape index (κ3) is 4.80. The van der Waals surface area contributed by atoms with Gasteiger partial charge < -0.3 is 38.2 Å². The summed E-state index contributed by atoms with van der Waals surface area (Å²) in [4.78, 5) is 12.0. The van der Waals surface area contributed by atoms with Crippen LogP contribution in [-0.2, 0) is 32.8 Å². The molecule has 10 heteroatoms. The van der Waals surface area contributed by atoms with Crippen LogP contribution in [0.5, 0.6) is 0 Å². The van der Waals surface area contributed by atoms with E-state index in [9.17, 15) is 4.79 Å². The molecule has 0 saturated carbocycles. The van der Waals surface area contributed by atoms with Crippen molar-refractivity contribution in [3.63, 3.8) is 0 Å². The first-order valence-electron chi connectivity index (χ1n) is 11.2. The number of hydrogen-bond acceptors (Lipinski definition) is 8. The number of alkyl carbamates (subject to hydrolysis) is 1. The molecular formula is C21H37NO8Si. The van der Waals surface area contributed by atoms with Crippen molar-refractivity contribution in [2.45, 2.75) is 108 Å². The molecule has 0 aliphatic carbocycles. The summed E-state index contributed by atoms with van der Waals surface area (Å²) in [5.74, 6) is -0.761. The lowest BCUT2D eigenvalue weighted by atomic mass is 9.96. The maximum atomic E-state index is 12.0. The molecule has 0 aromatic heterocycles. The standard InChI is InChI=1S/C21H37NO8Si/c1-20(2,3)31(6,7)26-11-13-12(8-9-24-13)27-18-15-17(29-19(23)22-15)16-14(28-18)10-25-21(4,5)30-16/h12-18H,8-11H2,1-7H3,(H,22,23)/t12-,13+,14+,15+,16+,17-,18+/m0/s1. The Hall–Kier alpha value is -0.753. The van der Waals surface area contributed by atoms with Gasteiger partial charge in [0.15, 0.2) is 26.5 Å². The van der Waals surface area contributed by atoms with Gasteiger partial charge in [0.05, 0.1) is 19.3 Å². The van der Waals surface area contributed by atoms with Crippen LogP contribution in [0.2, 0.25) is 18.1 Å². The molecule has 4 fully saturated rings. The van der Waals surface area contributed by atoms with Gasteiger partial charge in [-0.3, -0.25) is 0 Å². The normalized spacial score (nSPS) is 40.1. The Kier molecular flexibility index (Phi) is 6.21. The number of carbonyl (C=O) groups excluding carboxylic acids is 1. The highest BCUT2D eigenvalue weighted by molar-refractivity contribution is 6.74. The topological polar surface area (TPSA) is 93.7 Å². The van der Waals surface area contributed by atoms with Gasteiger partial charge in [-0.2, -0.15) is 0 Å². The maximum Gasteiger partial charge on any atom is 0.408 e. The van der Waals surface area contributed by atoms with Gasteiger partial charge >= 0.3 is 6.09 Å². The fraction of sp³-hybridized carbons (Fsp3) is 0.952. The van der Waals surface area contributed by atoms with Crippen molar-refractivity contribution < 1.29 is 37.6 Å². The van der Waals surface area contributed by atoms with E-state index in [2.05, 4.69) is 39.2 Å². The molecule has 1 N–H and O–H groups in total. The fourth-order valence-electron chi connectivity index (χ4n) is 4.15. The minimum atomic E-state index is -1.90. The number of rotatable bonds is 5. The van der Waals surface area contributed by atoms with Crippen LogP contribution in [0.4, 0.5) is 4.79 Å². The van der Waals surface area contributed by atoms with Crippen molar-refractivity contribution in [3.8, 4) is 0 Å². The SMILES string of the molecule is CC1(C)OC[C@H]2O[C@@H](O[C@H]3CCO[C@@H]3CO[Si](C)(C)C(C)(C)C)[C@@H]3NC(=O)O[C@@H]3[C@@H]2O1. The van der Waals surface area contributed by atoms with Crippen LogP contribution < -0.4 is 5.32 Å². The van der Waals surface area contributed by atoms with E-state index in [0.29, 0.717) is 19.8 Å². The van der Waals surface area contributed by atoms with Gasteiger partial charge in [-0.15, -0.1) is 0 Å². The molecule has 0 aromatic rings. The van der Waals surface area contributed by atoms with Crippen LogP contribution in [-0.4, -0.2) is 82.9 Å². The minimum absolute atomic E-state index is 0.122. The lowest BCUT2D eigenvalue weighted by Gasteiger charge is -2.48. The van der Waals surface area contributed by atoms with E-state index in [4.69, 9.17) is 32.8 Å². The first-order chi connectivity index (χ1) is 14.4. The summed E-state index contributed by atoms with van der Waals surface area (Å²) in [6, 6.07) is -0.454. The molecule has 0 unspecified atom stereocenters. The number of carbonyl (C=O) groups is 1. The number of hydrogen-bond donors (Lipinski definition) is 1. The number of fused-ring (bicyclic) bond motifs is 3. The monoisotopic (exact) mass is 459 g/mol. The van der Waals surface area contributed by atoms with Crippen LogP contribution in [0.1, 0.15) is 41.0 Å². The summed E-state index contributed by atoms with van der Waals surface area (Å²) in [5.41, 5.74) is 0. The van der Waals surface area contributed by atoms with Crippen molar-refractivity contribution in [1.82, 2.24) is 5.32 Å². The first-order valence-corrected chi connectivity index (χ1v) is 14.1. The van der Waals surface area contributed by atoms with Gasteiger partial charge in [-0.05, 0) is 38.4 Å². The van der Waals surface area contributed by atoms with Gasteiger partial charge in [-0.1, -0.05) is 20.8 Å². The molecule has 0 spiro atoms. The highest BCUT2D eigenvalue weighted by Crippen LogP contribution is 2.39. The van der Waals surface area contributed by atoms with E-state index in [1.807, 2.05) is 13.8 Å². The zero-order valence-corrected chi connectivity index (χ0v) is 20.6. The summed E-state index contributed by atoms with van der Waals surface area (Å²) < 4.78 is 42.2. The maximum absolute atomic E-state index is 12.0. The van der Waals surface area contributed by atoms with E-state index in [-0.39, 0.29) is 23.4 Å². The Bertz CT molecular complexity index is 681. The lowest BCUT2D eigenvalue weighted by Crippen LogP contribution is -2.66. The molecule has 0 aromatic carbocycles. The quantitative estimate of drug-likeness (QED) is 0.627. The van der Waals surface area contributed by atoms with E-state index >= 15 is 0 Å². The van der Waals surface area contributed by atoms with E-state index < -0.39 is 44.7 Å². The highest BCUT2D eigenvalue weighted by atomic mass is 28.4. The van der Waals surface area contributed by atoms with Crippen molar-refractivity contribution in [2.75, 3.05) is 19.8 Å². The Morgan fingerprint density at radius 2 is 1.97 bits per heavy atom. The van der Waals surface area contributed by atoms with Crippen LogP contribution >= 0.6 is 0 Å². The molecule has 178 valence electrons. The third-order valence-electron chi connectivity index (χ3n) is 7.06. The Labute approximate surface area is 185 Å². The second-order valence-electron chi connectivity index (χ2n) is 10.8. The Morgan fingerprint density at radius 1 is 1.23 bits per heavy atom. The molecule has 1 amide bonds. The average Bonchev–Trinajstić information content (AvgIpc) is 3.25. The molecule has 4 aliphatic heterocycles. The molecule has 4 rings (SSSR count). The van der Waals surface area contributed by atoms with E-state index in [1.54, 1.807) is 0 Å². The zero-order chi connectivity index (χ0) is 22.6. The van der Waals surface area contributed by atoms with E-state index in [0.717, 1.165) is 6.42 Å². The van der Waals surface area contributed by atoms with Crippen molar-refractivity contribution in [3.05, 3.63) is 0 Å². The van der Waals surface area contributed by atoms with Gasteiger partial charge in [0.1, 0.15) is 24.4 Å². The average molecular weight is 460 g/mol. The van der Waals surface area contributed by atoms with Crippen LogP contribution in [0.3, 0.4) is 0 Å². The molecular weight excluding hydrogens is 422 g/mol. The summed E-state index contributed by atoms with van der Waals surface area (Å²) in [6.07, 6.45) is -2.07. The molecule has 31 heavy (non-hydrogen) atoms. The first kappa shape index (κ1) is 23.4. The minimum Gasteiger partial charge on any atom is -0.441 e. The summed E-state index contributed by atoms with van der Waals surface area (Å²) in [6.45, 7) is 16.2. The summed E-state index contributed by atoms with van der Waals surface area (Å²) in [5, 5.41) is 2.96. The van der Waals surface area contributed by atoms with Crippen molar-refractivity contribution in [2.24, 2.45) is 0 Å². The second kappa shape index (κ2) is 8.23. The fourth-order valence-corrected chi connectivity index (χ4v) is 5.16. The molecule has 4 heterocycles. The van der Waals surface area contributed by atoms with Crippen LogP contribution in [0.25, 0.3) is 0 Å². The van der Waals surface area contributed by atoms with Gasteiger partial charge in [0.2, 0.25) is 0 Å². The van der Waals surface area contributed by atoms with Gasteiger partial charge in [-0.25, -0.2) is 4.79 Å². The number of ether oxygens (including phenoxy) is 6. The van der Waals surface area contributed by atoms with Gasteiger partial charge in [0.25, 0.3) is 0 Å². The zero-order valence-electron chi connectivity index (χ0n) is 19.6. The summed E-state index contributed by atoms with van der Waals surface area (Å²) in [7, 11) is -1.90. The van der Waals surface area contributed by atoms with Crippen LogP contribution in [0.15, 0.2) is 0 Å². The second-order valence-corrected chi connectivity index (χ2v) is 15.6. The summed E-state index contributed by atoms with van der Waals surface area (Å²) >= 11 is 0. The lowest BCUT2D eigenvalue weighted by molar-refractivity contribution is -0.367. The largest absolute Gasteiger partial charge is 0.441 e.